The lowest BCUT2D eigenvalue weighted by molar-refractivity contribution is -0.384. The normalized spacial score (nSPS) is 21.2. The van der Waals surface area contributed by atoms with Gasteiger partial charge in [-0.05, 0) is 36.1 Å². The largest absolute Gasteiger partial charge is 0.427 e. The van der Waals surface area contributed by atoms with Crippen LogP contribution in [0.4, 0.5) is 11.4 Å². The summed E-state index contributed by atoms with van der Waals surface area (Å²) in [5, 5.41) is 14.7. The molecule has 3 atom stereocenters. The van der Waals surface area contributed by atoms with Crippen LogP contribution in [0.25, 0.3) is 0 Å². The second-order valence-electron chi connectivity index (χ2n) is 7.39. The van der Waals surface area contributed by atoms with Crippen molar-refractivity contribution in [2.45, 2.75) is 32.2 Å². The van der Waals surface area contributed by atoms with Crippen LogP contribution in [0.1, 0.15) is 43.4 Å². The van der Waals surface area contributed by atoms with E-state index in [-0.39, 0.29) is 29.3 Å². The molecule has 1 aliphatic heterocycles. The quantitative estimate of drug-likeness (QED) is 0.265. The molecule has 30 heavy (non-hydrogen) atoms. The van der Waals surface area contributed by atoms with Crippen LogP contribution in [0.3, 0.4) is 0 Å². The summed E-state index contributed by atoms with van der Waals surface area (Å²) in [6, 6.07) is 9.57. The number of carbonyl (C=O) groups is 2. The number of nitrogens with one attached hydrogen (secondary N) is 1. The van der Waals surface area contributed by atoms with E-state index in [1.165, 1.54) is 26.0 Å². The maximum absolute atomic E-state index is 11.7. The summed E-state index contributed by atoms with van der Waals surface area (Å²) in [6.07, 6.45) is 4.91. The molecule has 8 nitrogen and oxygen atoms in total. The van der Waals surface area contributed by atoms with Gasteiger partial charge in [0.1, 0.15) is 11.5 Å². The third kappa shape index (κ3) is 3.63. The van der Waals surface area contributed by atoms with Crippen molar-refractivity contribution < 1.29 is 24.0 Å². The minimum Gasteiger partial charge on any atom is -0.427 e. The van der Waals surface area contributed by atoms with Crippen molar-refractivity contribution in [2.24, 2.45) is 5.92 Å². The number of carbonyl (C=O) groups excluding carboxylic acids is 2. The number of nitrogens with zero attached hydrogens (tertiary/aromatic N) is 1. The molecule has 0 unspecified atom stereocenters. The van der Waals surface area contributed by atoms with Gasteiger partial charge in [-0.25, -0.2) is 0 Å². The summed E-state index contributed by atoms with van der Waals surface area (Å²) in [7, 11) is 0. The predicted molar refractivity (Wildman–Crippen MR) is 109 cm³/mol. The molecule has 2 aromatic carbocycles. The number of nitro groups is 1. The second-order valence-corrected chi connectivity index (χ2v) is 7.39. The first kappa shape index (κ1) is 19.6. The van der Waals surface area contributed by atoms with Crippen LogP contribution >= 0.6 is 0 Å². The zero-order valence-electron chi connectivity index (χ0n) is 16.5. The first-order chi connectivity index (χ1) is 14.3. The Morgan fingerprint density at radius 2 is 1.83 bits per heavy atom. The number of anilines is 1. The molecule has 0 aromatic heterocycles. The van der Waals surface area contributed by atoms with Gasteiger partial charge in [-0.15, -0.1) is 0 Å². The van der Waals surface area contributed by atoms with E-state index in [4.69, 9.17) is 9.47 Å². The van der Waals surface area contributed by atoms with Crippen LogP contribution in [-0.2, 0) is 9.59 Å². The highest BCUT2D eigenvalue weighted by Crippen LogP contribution is 2.52. The molecule has 8 heteroatoms. The number of allylic oxidation sites excluding steroid dienone is 2. The number of non-ortho nitro benzene ring substituents is 1. The molecular formula is C22H20N2O6. The minimum atomic E-state index is -0.482. The van der Waals surface area contributed by atoms with E-state index in [1.807, 2.05) is 0 Å². The van der Waals surface area contributed by atoms with Crippen molar-refractivity contribution in [3.8, 4) is 11.5 Å². The fourth-order valence-electron chi connectivity index (χ4n) is 4.25. The van der Waals surface area contributed by atoms with Gasteiger partial charge in [-0.3, -0.25) is 19.7 Å². The van der Waals surface area contributed by atoms with Gasteiger partial charge in [0.25, 0.3) is 5.69 Å². The standard InChI is InChI=1S/C22H20N2O6/c1-12(25)29-15-7-8-18(21(11-15)30-13(2)26)22-17-5-3-4-16(17)19-10-14(24(27)28)6-9-20(19)23-22/h3-4,6-11,16-17,22-23H,5H2,1-2H3/t16-,17+,22-/m0/s1. The van der Waals surface area contributed by atoms with Gasteiger partial charge in [0.15, 0.2) is 0 Å². The Bertz CT molecular complexity index is 1080. The van der Waals surface area contributed by atoms with Crippen molar-refractivity contribution in [2.75, 3.05) is 5.32 Å². The monoisotopic (exact) mass is 408 g/mol. The molecule has 0 bridgehead atoms. The van der Waals surface area contributed by atoms with Crippen LogP contribution in [0.15, 0.2) is 48.6 Å². The Labute approximate surface area is 172 Å². The molecule has 0 radical (unpaired) electrons. The zero-order chi connectivity index (χ0) is 21.4. The number of hydrogen-bond acceptors (Lipinski definition) is 7. The average molecular weight is 408 g/mol. The molecule has 154 valence electrons. The smallest absolute Gasteiger partial charge is 0.308 e. The molecule has 0 saturated carbocycles. The molecule has 0 amide bonds. The highest BCUT2D eigenvalue weighted by molar-refractivity contribution is 5.72. The van der Waals surface area contributed by atoms with E-state index in [1.54, 1.807) is 24.3 Å². The number of fused-ring (bicyclic) bond motifs is 3. The van der Waals surface area contributed by atoms with Crippen LogP contribution in [-0.4, -0.2) is 16.9 Å². The van der Waals surface area contributed by atoms with Crippen LogP contribution in [0.2, 0.25) is 0 Å². The van der Waals surface area contributed by atoms with Crippen molar-refractivity contribution in [1.29, 1.82) is 0 Å². The van der Waals surface area contributed by atoms with E-state index >= 15 is 0 Å². The maximum Gasteiger partial charge on any atom is 0.308 e. The summed E-state index contributed by atoms with van der Waals surface area (Å²) in [5.74, 6) is -0.255. The number of rotatable bonds is 4. The molecular weight excluding hydrogens is 388 g/mol. The van der Waals surface area contributed by atoms with Gasteiger partial charge >= 0.3 is 11.9 Å². The predicted octanol–water partition coefficient (Wildman–Crippen LogP) is 4.27. The maximum atomic E-state index is 11.7. The number of esters is 2. The van der Waals surface area contributed by atoms with E-state index in [0.717, 1.165) is 23.2 Å². The third-order valence-corrected chi connectivity index (χ3v) is 5.39. The van der Waals surface area contributed by atoms with Gasteiger partial charge in [-0.1, -0.05) is 12.2 Å². The van der Waals surface area contributed by atoms with E-state index < -0.39 is 16.9 Å². The topological polar surface area (TPSA) is 108 Å². The minimum absolute atomic E-state index is 0.00414. The Morgan fingerprint density at radius 1 is 1.07 bits per heavy atom. The fraction of sp³-hybridized carbons (Fsp3) is 0.273. The molecule has 1 N–H and O–H groups in total. The SMILES string of the molecule is CC(=O)Oc1ccc([C@H]2Nc3ccc([N+](=O)[O-])cc3[C@H]3C=CC[C@H]32)c(OC(C)=O)c1. The molecule has 1 aliphatic carbocycles. The second kappa shape index (κ2) is 7.62. The average Bonchev–Trinajstić information content (AvgIpc) is 3.16. The van der Waals surface area contributed by atoms with Gasteiger partial charge in [0, 0.05) is 49.2 Å². The van der Waals surface area contributed by atoms with Crippen LogP contribution < -0.4 is 14.8 Å². The van der Waals surface area contributed by atoms with Crippen molar-refractivity contribution in [1.82, 2.24) is 0 Å². The molecule has 0 saturated heterocycles. The number of ether oxygens (including phenoxy) is 2. The fourth-order valence-corrected chi connectivity index (χ4v) is 4.25. The van der Waals surface area contributed by atoms with Gasteiger partial charge in [-0.2, -0.15) is 0 Å². The van der Waals surface area contributed by atoms with Gasteiger partial charge in [0.2, 0.25) is 0 Å². The van der Waals surface area contributed by atoms with Crippen LogP contribution in [0, 0.1) is 16.0 Å². The lowest BCUT2D eigenvalue weighted by atomic mass is 9.76. The van der Waals surface area contributed by atoms with Crippen molar-refractivity contribution in [3.63, 3.8) is 0 Å². The Hall–Kier alpha value is -3.68. The van der Waals surface area contributed by atoms with Crippen LogP contribution in [0.5, 0.6) is 11.5 Å². The number of nitro benzene ring substituents is 1. The lowest BCUT2D eigenvalue weighted by Crippen LogP contribution is -2.29. The van der Waals surface area contributed by atoms with E-state index in [9.17, 15) is 19.7 Å². The first-order valence-electron chi connectivity index (χ1n) is 9.56. The highest BCUT2D eigenvalue weighted by Gasteiger charge is 2.40. The summed E-state index contributed by atoms with van der Waals surface area (Å²) in [5.41, 5.74) is 2.49. The zero-order valence-corrected chi connectivity index (χ0v) is 16.5. The molecule has 0 spiro atoms. The summed E-state index contributed by atoms with van der Waals surface area (Å²) in [4.78, 5) is 33.8. The molecule has 1 heterocycles. The van der Waals surface area contributed by atoms with Gasteiger partial charge < -0.3 is 14.8 Å². The molecule has 0 fully saturated rings. The summed E-state index contributed by atoms with van der Waals surface area (Å²) in [6.45, 7) is 2.61. The van der Waals surface area contributed by atoms with Crippen molar-refractivity contribution >= 4 is 23.3 Å². The highest BCUT2D eigenvalue weighted by atomic mass is 16.6. The lowest BCUT2D eigenvalue weighted by Gasteiger charge is -2.37. The molecule has 2 aromatic rings. The summed E-state index contributed by atoms with van der Waals surface area (Å²) < 4.78 is 10.6. The Balaban J connectivity index is 1.76. The molecule has 4 rings (SSSR count). The Kier molecular flexibility index (Phi) is 4.99. The van der Waals surface area contributed by atoms with Gasteiger partial charge in [0.05, 0.1) is 11.0 Å². The van der Waals surface area contributed by atoms with Crippen molar-refractivity contribution in [3.05, 3.63) is 69.8 Å². The van der Waals surface area contributed by atoms with E-state index in [0.29, 0.717) is 5.75 Å². The first-order valence-corrected chi connectivity index (χ1v) is 9.56. The third-order valence-electron chi connectivity index (χ3n) is 5.39. The summed E-state index contributed by atoms with van der Waals surface area (Å²) >= 11 is 0. The Morgan fingerprint density at radius 3 is 2.53 bits per heavy atom. The number of hydrogen-bond donors (Lipinski definition) is 1. The molecule has 2 aliphatic rings. The number of benzene rings is 2. The van der Waals surface area contributed by atoms with E-state index in [2.05, 4.69) is 17.5 Å².